The van der Waals surface area contributed by atoms with Crippen LogP contribution in [0, 0.1) is 0 Å². The van der Waals surface area contributed by atoms with Gasteiger partial charge in [-0.25, -0.2) is 0 Å². The summed E-state index contributed by atoms with van der Waals surface area (Å²) >= 11 is 0. The van der Waals surface area contributed by atoms with Crippen molar-refractivity contribution in [3.8, 4) is 0 Å². The van der Waals surface area contributed by atoms with Crippen molar-refractivity contribution >= 4 is 11.8 Å². The topological polar surface area (TPSA) is 603 Å². The predicted molar refractivity (Wildman–Crippen MR) is 255 cm³/mol. The van der Waals surface area contributed by atoms with Crippen molar-refractivity contribution in [2.75, 3.05) is 46.2 Å². The molecule has 7 saturated heterocycles. The van der Waals surface area contributed by atoms with E-state index >= 15 is 0 Å². The standard InChI is InChI=1S/C46H78N2O36/c1-10(56)47-19-22(59)21(58)12(3-49)73-41(19)79-34-14(5-51)74-42(20(23(34)60)48-11(2)57)80-36-15(6-52)75-44(30(67)25(36)62)82-38-17(8-54)77-46(32(69)27(38)64)84-39-18(9-55)78-45(33(70)28(39)65)83-37-16(7-53)76-43(31(68)26(37)63)81-35-13(4-50)72-40(71)29(66)24(35)61/h12-46,49-55,58-71H,3-9H2,1-2H3,(H,47,56)(H,48,57)/t12-,13+,14-,15+,16+,17+,18+,19-,20-,21-,22-,23-,24+,25+,26+,27+,28+,29-,30-,31-,32-,33-,34-,35+,36+,37+,38+,39+,40?,41?,42?,43?,44?,45?,46?/m1/s1. The number of amides is 2. The zero-order chi connectivity index (χ0) is 61.9. The van der Waals surface area contributed by atoms with Crippen LogP contribution >= 0.6 is 0 Å². The van der Waals surface area contributed by atoms with Crippen LogP contribution in [0.5, 0.6) is 0 Å². The first-order valence-corrected chi connectivity index (χ1v) is 26.6. The van der Waals surface area contributed by atoms with Crippen molar-refractivity contribution in [1.82, 2.24) is 10.6 Å². The lowest BCUT2D eigenvalue weighted by Crippen LogP contribution is -2.70. The normalized spacial score (nSPS) is 50.3. The van der Waals surface area contributed by atoms with Crippen molar-refractivity contribution in [3.05, 3.63) is 0 Å². The summed E-state index contributed by atoms with van der Waals surface area (Å²) in [6.45, 7) is -4.83. The molecule has 0 saturated carbocycles. The Bertz CT molecular complexity index is 2060. The van der Waals surface area contributed by atoms with Crippen LogP contribution in [0.25, 0.3) is 0 Å². The molecule has 38 nitrogen and oxygen atoms in total. The number of hydrogen-bond donors (Lipinski definition) is 23. The Morgan fingerprint density at radius 2 is 0.512 bits per heavy atom. The summed E-state index contributed by atoms with van der Waals surface area (Å²) in [5.74, 6) is -1.55. The highest BCUT2D eigenvalue weighted by Gasteiger charge is 2.59. The van der Waals surface area contributed by atoms with Crippen LogP contribution in [0.4, 0.5) is 0 Å². The Hall–Kier alpha value is -2.42. The molecule has 84 heavy (non-hydrogen) atoms. The van der Waals surface area contributed by atoms with E-state index in [0.717, 1.165) is 13.8 Å². The quantitative estimate of drug-likeness (QED) is 0.0507. The van der Waals surface area contributed by atoms with E-state index in [9.17, 15) is 117 Å². The van der Waals surface area contributed by atoms with Gasteiger partial charge in [-0.2, -0.15) is 0 Å². The molecule has 7 aliphatic rings. The molecule has 0 aromatic carbocycles. The van der Waals surface area contributed by atoms with Crippen LogP contribution in [-0.2, 0) is 71.2 Å². The molecule has 0 spiro atoms. The zero-order valence-electron chi connectivity index (χ0n) is 44.7. The summed E-state index contributed by atoms with van der Waals surface area (Å²) in [4.78, 5) is 24.5. The van der Waals surface area contributed by atoms with E-state index in [-0.39, 0.29) is 0 Å². The highest BCUT2D eigenvalue weighted by Crippen LogP contribution is 2.38. The fourth-order valence-electron chi connectivity index (χ4n) is 10.8. The molecule has 2 amide bonds. The highest BCUT2D eigenvalue weighted by atomic mass is 16.8. The largest absolute Gasteiger partial charge is 0.394 e. The molecule has 38 heteroatoms. The van der Waals surface area contributed by atoms with Gasteiger partial charge >= 0.3 is 0 Å². The molecular weight excluding hydrogens is 1160 g/mol. The number of carbonyl (C=O) groups excluding carboxylic acids is 2. The second kappa shape index (κ2) is 29.9. The number of aliphatic hydroxyl groups excluding tert-OH is 21. The van der Waals surface area contributed by atoms with Crippen molar-refractivity contribution in [1.29, 1.82) is 0 Å². The van der Waals surface area contributed by atoms with Crippen molar-refractivity contribution in [2.24, 2.45) is 0 Å². The van der Waals surface area contributed by atoms with Crippen LogP contribution < -0.4 is 10.6 Å². The van der Waals surface area contributed by atoms with Crippen LogP contribution in [0.3, 0.4) is 0 Å². The van der Waals surface area contributed by atoms with Gasteiger partial charge < -0.3 is 179 Å². The number of hydrogen-bond acceptors (Lipinski definition) is 36. The average molecular weight is 1240 g/mol. The minimum absolute atomic E-state index is 0.729. The minimum Gasteiger partial charge on any atom is -0.394 e. The number of nitrogens with one attached hydrogen (secondary N) is 2. The second-order valence-corrected chi connectivity index (χ2v) is 21.0. The fraction of sp³-hybridized carbons (Fsp3) is 0.957. The summed E-state index contributed by atoms with van der Waals surface area (Å²) in [5, 5.41) is 230. The maximum Gasteiger partial charge on any atom is 0.217 e. The van der Waals surface area contributed by atoms with Gasteiger partial charge in [-0.15, -0.1) is 0 Å². The molecule has 488 valence electrons. The Labute approximate surface area is 475 Å². The van der Waals surface area contributed by atoms with Gasteiger partial charge in [-0.1, -0.05) is 0 Å². The maximum atomic E-state index is 12.5. The first-order valence-electron chi connectivity index (χ1n) is 26.6. The third-order valence-electron chi connectivity index (χ3n) is 15.3. The van der Waals surface area contributed by atoms with Gasteiger partial charge in [0.2, 0.25) is 11.8 Å². The van der Waals surface area contributed by atoms with Crippen LogP contribution in [0.15, 0.2) is 0 Å². The molecule has 0 aromatic heterocycles. The van der Waals surface area contributed by atoms with Gasteiger partial charge in [-0.05, 0) is 0 Å². The van der Waals surface area contributed by atoms with E-state index in [1.807, 2.05) is 0 Å². The summed E-state index contributed by atoms with van der Waals surface area (Å²) in [6.07, 6.45) is -63.1. The van der Waals surface area contributed by atoms with Gasteiger partial charge in [0.1, 0.15) is 171 Å². The Morgan fingerprint density at radius 3 is 0.798 bits per heavy atom. The number of ether oxygens (including phenoxy) is 13. The lowest BCUT2D eigenvalue weighted by atomic mass is 9.94. The monoisotopic (exact) mass is 1230 g/mol. The molecule has 7 heterocycles. The summed E-state index contributed by atoms with van der Waals surface area (Å²) in [6, 6.07) is -3.25. The summed E-state index contributed by atoms with van der Waals surface area (Å²) in [5.41, 5.74) is 0. The van der Waals surface area contributed by atoms with Crippen LogP contribution in [-0.4, -0.2) is 380 Å². The van der Waals surface area contributed by atoms with Crippen molar-refractivity contribution in [2.45, 2.75) is 229 Å². The molecule has 7 unspecified atom stereocenters. The predicted octanol–water partition coefficient (Wildman–Crippen LogP) is -16.0. The molecule has 23 N–H and O–H groups in total. The lowest BCUT2D eigenvalue weighted by molar-refractivity contribution is -0.395. The highest BCUT2D eigenvalue weighted by molar-refractivity contribution is 5.73. The number of carbonyl (C=O) groups is 2. The van der Waals surface area contributed by atoms with Crippen LogP contribution in [0.2, 0.25) is 0 Å². The van der Waals surface area contributed by atoms with E-state index in [1.54, 1.807) is 0 Å². The van der Waals surface area contributed by atoms with Gasteiger partial charge in [0.05, 0.1) is 46.2 Å². The van der Waals surface area contributed by atoms with E-state index in [2.05, 4.69) is 10.6 Å². The van der Waals surface area contributed by atoms with Crippen LogP contribution in [0.1, 0.15) is 13.8 Å². The average Bonchev–Trinajstić information content (AvgIpc) is 2.04. The molecule has 0 radical (unpaired) electrons. The Kier molecular flexibility index (Phi) is 24.6. The Balaban J connectivity index is 0.977. The second-order valence-electron chi connectivity index (χ2n) is 21.0. The Morgan fingerprint density at radius 1 is 0.286 bits per heavy atom. The van der Waals surface area contributed by atoms with E-state index in [0.29, 0.717) is 0 Å². The summed E-state index contributed by atoms with van der Waals surface area (Å²) in [7, 11) is 0. The molecule has 7 aliphatic heterocycles. The number of rotatable bonds is 21. The lowest BCUT2D eigenvalue weighted by Gasteiger charge is -2.50. The van der Waals surface area contributed by atoms with Gasteiger partial charge in [0.25, 0.3) is 0 Å². The van der Waals surface area contributed by atoms with Gasteiger partial charge in [0, 0.05) is 13.8 Å². The SMILES string of the molecule is CC(=O)N[C@H]1C(O[C@H]2[C@H](O)[C@@H](NC(C)=O)C(O[C@@H]3[C@@H](O)[C@@H](O)C(O[C@@H]4[C@@H](O)[C@@H](O)C(O[C@@H]5[C@@H](O)[C@@H](O)C(O[C@@H]6[C@@H](O)[C@@H](O)C(O[C@@H]7[C@@H](O)[C@@H](O)C(O)O[C@H]7CO)O[C@H]6CO)O[C@H]5CO)O[C@H]4CO)O[C@H]3CO)O[C@@H]2CO)O[C@H](CO)[C@@H](O)[C@@H]1O. The van der Waals surface area contributed by atoms with E-state index in [4.69, 9.17) is 61.6 Å². The van der Waals surface area contributed by atoms with E-state index < -0.39 is 273 Å². The number of aliphatic hydroxyl groups is 21. The van der Waals surface area contributed by atoms with Crippen molar-refractivity contribution in [3.63, 3.8) is 0 Å². The molecular formula is C46H78N2O36. The smallest absolute Gasteiger partial charge is 0.217 e. The molecule has 0 aliphatic carbocycles. The fourth-order valence-corrected chi connectivity index (χ4v) is 10.8. The maximum absolute atomic E-state index is 12.5. The first-order chi connectivity index (χ1) is 39.8. The molecule has 0 bridgehead atoms. The van der Waals surface area contributed by atoms with E-state index in [1.165, 1.54) is 0 Å². The zero-order valence-corrected chi connectivity index (χ0v) is 44.7. The molecule has 7 rings (SSSR count). The molecule has 0 aromatic rings. The third-order valence-corrected chi connectivity index (χ3v) is 15.3. The first kappa shape index (κ1) is 69.1. The van der Waals surface area contributed by atoms with Gasteiger partial charge in [-0.3, -0.25) is 9.59 Å². The van der Waals surface area contributed by atoms with Crippen molar-refractivity contribution < 1.29 is 178 Å². The molecule has 7 fully saturated rings. The molecule has 35 atom stereocenters. The summed E-state index contributed by atoms with van der Waals surface area (Å²) < 4.78 is 73.5. The van der Waals surface area contributed by atoms with Gasteiger partial charge in [0.15, 0.2) is 44.0 Å². The third kappa shape index (κ3) is 14.6. The minimum atomic E-state index is -2.24.